The number of rotatable bonds is 5. The second-order valence-corrected chi connectivity index (χ2v) is 5.96. The molecule has 2 aromatic rings. The number of aliphatic hydroxyl groups is 2. The molecule has 4 nitrogen and oxygen atoms in total. The second kappa shape index (κ2) is 6.84. The van der Waals surface area contributed by atoms with Crippen LogP contribution < -0.4 is 0 Å². The fourth-order valence-electron chi connectivity index (χ4n) is 3.05. The molecule has 2 N–H and O–H groups in total. The van der Waals surface area contributed by atoms with Crippen molar-refractivity contribution in [1.82, 2.24) is 9.55 Å². The van der Waals surface area contributed by atoms with E-state index in [1.54, 1.807) is 6.08 Å². The van der Waals surface area contributed by atoms with Crippen molar-refractivity contribution < 1.29 is 10.2 Å². The van der Waals surface area contributed by atoms with Crippen molar-refractivity contribution in [2.24, 2.45) is 11.8 Å². The molecule has 3 rings (SSSR count). The summed E-state index contributed by atoms with van der Waals surface area (Å²) in [6, 6.07) is 10.0. The third-order valence-electron chi connectivity index (χ3n) is 4.48. The zero-order valence-electron chi connectivity index (χ0n) is 13.3. The fourth-order valence-corrected chi connectivity index (χ4v) is 3.05. The van der Waals surface area contributed by atoms with Crippen LogP contribution in [0.3, 0.4) is 0 Å². The molecule has 120 valence electrons. The molecule has 4 heteroatoms. The Labute approximate surface area is 136 Å². The van der Waals surface area contributed by atoms with E-state index >= 15 is 0 Å². The number of allylic oxidation sites excluding steroid dienone is 4. The monoisotopic (exact) mass is 310 g/mol. The Morgan fingerprint density at radius 2 is 2.00 bits per heavy atom. The van der Waals surface area contributed by atoms with Gasteiger partial charge in [-0.1, -0.05) is 49.4 Å². The van der Waals surface area contributed by atoms with Crippen LogP contribution >= 0.6 is 0 Å². The molecule has 2 atom stereocenters. The molecule has 0 fully saturated rings. The topological polar surface area (TPSA) is 58.3 Å². The molecule has 1 aromatic carbocycles. The normalized spacial score (nSPS) is 20.5. The summed E-state index contributed by atoms with van der Waals surface area (Å²) in [4.78, 5) is 4.57. The standard InChI is InChI=1S/C19H22N2O2/c1-14-16(8-5-9-18(14)23)12-21-13-20-19(17(21)10-11-22)15-6-3-2-4-7-15/h2-9,13-14,16,22-23H,10-12H2,1H3. The number of aromatic nitrogens is 2. The Morgan fingerprint density at radius 1 is 1.22 bits per heavy atom. The Hall–Kier alpha value is -2.33. The smallest absolute Gasteiger partial charge is 0.0957 e. The van der Waals surface area contributed by atoms with E-state index in [1.165, 1.54) is 0 Å². The molecular weight excluding hydrogens is 288 g/mol. The minimum Gasteiger partial charge on any atom is -0.512 e. The van der Waals surface area contributed by atoms with Crippen LogP contribution in [0.15, 0.2) is 60.6 Å². The molecule has 0 bridgehead atoms. The molecular formula is C19H22N2O2. The zero-order chi connectivity index (χ0) is 16.2. The van der Waals surface area contributed by atoms with Gasteiger partial charge in [-0.15, -0.1) is 0 Å². The van der Waals surface area contributed by atoms with E-state index in [4.69, 9.17) is 0 Å². The van der Waals surface area contributed by atoms with Crippen molar-refractivity contribution in [3.63, 3.8) is 0 Å². The lowest BCUT2D eigenvalue weighted by molar-refractivity contribution is 0.275. The average molecular weight is 310 g/mol. The maximum Gasteiger partial charge on any atom is 0.0957 e. The predicted molar refractivity (Wildman–Crippen MR) is 91.0 cm³/mol. The number of benzene rings is 1. The van der Waals surface area contributed by atoms with Gasteiger partial charge in [0.1, 0.15) is 0 Å². The molecule has 1 aromatic heterocycles. The SMILES string of the molecule is CC1C(O)=CC=CC1Cn1cnc(-c2ccccc2)c1CCO. The van der Waals surface area contributed by atoms with Crippen molar-refractivity contribution in [2.75, 3.05) is 6.61 Å². The van der Waals surface area contributed by atoms with Crippen LogP contribution in [0.5, 0.6) is 0 Å². The summed E-state index contributed by atoms with van der Waals surface area (Å²) < 4.78 is 2.10. The van der Waals surface area contributed by atoms with Gasteiger partial charge in [0, 0.05) is 42.7 Å². The van der Waals surface area contributed by atoms with Gasteiger partial charge in [0.05, 0.1) is 17.8 Å². The van der Waals surface area contributed by atoms with Crippen LogP contribution in [0.2, 0.25) is 0 Å². The molecule has 1 heterocycles. The molecule has 0 spiro atoms. The van der Waals surface area contributed by atoms with Gasteiger partial charge in [-0.3, -0.25) is 0 Å². The average Bonchev–Trinajstić information content (AvgIpc) is 2.96. The van der Waals surface area contributed by atoms with Crippen LogP contribution in [0.1, 0.15) is 12.6 Å². The van der Waals surface area contributed by atoms with Gasteiger partial charge in [-0.25, -0.2) is 4.98 Å². The largest absolute Gasteiger partial charge is 0.512 e. The number of imidazole rings is 1. The first-order valence-electron chi connectivity index (χ1n) is 7.98. The first-order valence-corrected chi connectivity index (χ1v) is 7.98. The number of aliphatic hydroxyl groups excluding tert-OH is 2. The summed E-state index contributed by atoms with van der Waals surface area (Å²) >= 11 is 0. The van der Waals surface area contributed by atoms with Crippen LogP contribution in [0.4, 0.5) is 0 Å². The molecule has 0 radical (unpaired) electrons. The van der Waals surface area contributed by atoms with Crippen molar-refractivity contribution in [3.05, 3.63) is 66.3 Å². The highest BCUT2D eigenvalue weighted by Crippen LogP contribution is 2.28. The first kappa shape index (κ1) is 15.6. The van der Waals surface area contributed by atoms with Gasteiger partial charge in [-0.2, -0.15) is 0 Å². The molecule has 1 aliphatic rings. The van der Waals surface area contributed by atoms with Gasteiger partial charge < -0.3 is 14.8 Å². The summed E-state index contributed by atoms with van der Waals surface area (Å²) in [7, 11) is 0. The summed E-state index contributed by atoms with van der Waals surface area (Å²) in [5.74, 6) is 0.726. The lowest BCUT2D eigenvalue weighted by atomic mass is 9.88. The Kier molecular flexibility index (Phi) is 4.63. The zero-order valence-corrected chi connectivity index (χ0v) is 13.3. The minimum atomic E-state index is 0.0875. The summed E-state index contributed by atoms with van der Waals surface area (Å²) in [6.07, 6.45) is 8.18. The molecule has 23 heavy (non-hydrogen) atoms. The van der Waals surface area contributed by atoms with Crippen LogP contribution in [0.25, 0.3) is 11.3 Å². The quantitative estimate of drug-likeness (QED) is 0.890. The molecule has 2 unspecified atom stereocenters. The van der Waals surface area contributed by atoms with Crippen LogP contribution in [-0.4, -0.2) is 26.4 Å². The first-order chi connectivity index (χ1) is 11.2. The highest BCUT2D eigenvalue weighted by molar-refractivity contribution is 5.61. The van der Waals surface area contributed by atoms with Gasteiger partial charge in [0.15, 0.2) is 0 Å². The maximum absolute atomic E-state index is 9.93. The Morgan fingerprint density at radius 3 is 2.74 bits per heavy atom. The van der Waals surface area contributed by atoms with E-state index in [1.807, 2.05) is 49.7 Å². The Bertz CT molecular complexity index is 716. The van der Waals surface area contributed by atoms with E-state index in [0.717, 1.165) is 23.5 Å². The van der Waals surface area contributed by atoms with Crippen molar-refractivity contribution in [1.29, 1.82) is 0 Å². The second-order valence-electron chi connectivity index (χ2n) is 5.96. The summed E-state index contributed by atoms with van der Waals surface area (Å²) in [6.45, 7) is 2.86. The number of hydrogen-bond acceptors (Lipinski definition) is 3. The van der Waals surface area contributed by atoms with Crippen molar-refractivity contribution in [3.8, 4) is 11.3 Å². The molecule has 0 aliphatic heterocycles. The molecule has 0 saturated heterocycles. The van der Waals surface area contributed by atoms with E-state index in [-0.39, 0.29) is 18.4 Å². The van der Waals surface area contributed by atoms with Gasteiger partial charge >= 0.3 is 0 Å². The van der Waals surface area contributed by atoms with Gasteiger partial charge in [-0.05, 0) is 6.08 Å². The third kappa shape index (κ3) is 3.22. The minimum absolute atomic E-state index is 0.0875. The highest BCUT2D eigenvalue weighted by atomic mass is 16.3. The van der Waals surface area contributed by atoms with Crippen molar-refractivity contribution >= 4 is 0 Å². The number of nitrogens with zero attached hydrogens (tertiary/aromatic N) is 2. The molecule has 1 aliphatic carbocycles. The van der Waals surface area contributed by atoms with Gasteiger partial charge in [0.2, 0.25) is 0 Å². The van der Waals surface area contributed by atoms with Crippen LogP contribution in [0, 0.1) is 11.8 Å². The summed E-state index contributed by atoms with van der Waals surface area (Å²) in [5, 5.41) is 19.4. The van der Waals surface area contributed by atoms with E-state index in [2.05, 4.69) is 15.6 Å². The lowest BCUT2D eigenvalue weighted by Gasteiger charge is -2.24. The fraction of sp³-hybridized carbons (Fsp3) is 0.316. The van der Waals surface area contributed by atoms with E-state index in [0.29, 0.717) is 12.2 Å². The third-order valence-corrected chi connectivity index (χ3v) is 4.48. The maximum atomic E-state index is 9.93. The molecule has 0 saturated carbocycles. The highest BCUT2D eigenvalue weighted by Gasteiger charge is 2.23. The lowest BCUT2D eigenvalue weighted by Crippen LogP contribution is -2.21. The summed E-state index contributed by atoms with van der Waals surface area (Å²) in [5.41, 5.74) is 3.02. The number of hydrogen-bond donors (Lipinski definition) is 2. The van der Waals surface area contributed by atoms with Gasteiger partial charge in [0.25, 0.3) is 0 Å². The molecule has 0 amide bonds. The van der Waals surface area contributed by atoms with Crippen molar-refractivity contribution in [2.45, 2.75) is 19.9 Å². The van der Waals surface area contributed by atoms with Crippen LogP contribution in [-0.2, 0) is 13.0 Å². The predicted octanol–water partition coefficient (Wildman–Crippen LogP) is 3.35. The van der Waals surface area contributed by atoms with E-state index < -0.39 is 0 Å². The van der Waals surface area contributed by atoms with E-state index in [9.17, 15) is 10.2 Å². The Balaban J connectivity index is 1.90.